The average Bonchev–Trinajstić information content (AvgIpc) is 2.60. The van der Waals surface area contributed by atoms with Crippen molar-refractivity contribution in [1.82, 2.24) is 14.8 Å². The Labute approximate surface area is 99.8 Å². The maximum Gasteiger partial charge on any atom is 0.433 e. The molecular weight excluding hydrogens is 255 g/mol. The van der Waals surface area contributed by atoms with Gasteiger partial charge in [-0.25, -0.2) is 9.67 Å². The summed E-state index contributed by atoms with van der Waals surface area (Å²) < 4.78 is 38.9. The van der Waals surface area contributed by atoms with E-state index in [0.29, 0.717) is 4.68 Å². The molecule has 2 aromatic rings. The van der Waals surface area contributed by atoms with Crippen LogP contribution in [0.4, 0.5) is 13.2 Å². The van der Waals surface area contributed by atoms with Gasteiger partial charge in [0, 0.05) is 6.20 Å². The number of aromatic nitrogens is 3. The van der Waals surface area contributed by atoms with Crippen LogP contribution in [0, 0.1) is 6.92 Å². The maximum absolute atomic E-state index is 12.7. The van der Waals surface area contributed by atoms with Crippen LogP contribution in [0.2, 0.25) is 5.02 Å². The monoisotopic (exact) mass is 261 g/mol. The molecule has 0 radical (unpaired) electrons. The van der Waals surface area contributed by atoms with Gasteiger partial charge in [-0.1, -0.05) is 11.6 Å². The minimum absolute atomic E-state index is 0.0328. The fourth-order valence-corrected chi connectivity index (χ4v) is 1.60. The van der Waals surface area contributed by atoms with Gasteiger partial charge in [0.1, 0.15) is 5.69 Å². The van der Waals surface area contributed by atoms with Crippen molar-refractivity contribution in [2.45, 2.75) is 13.1 Å². The lowest BCUT2D eigenvalue weighted by Crippen LogP contribution is -2.14. The fourth-order valence-electron chi connectivity index (χ4n) is 1.40. The number of rotatable bonds is 1. The molecule has 90 valence electrons. The van der Waals surface area contributed by atoms with E-state index in [4.69, 9.17) is 11.6 Å². The standard InChI is InChI=1S/C10H7ClF3N3/c1-6-5-8(10(12,13)14)17(16-6)9-7(11)3-2-4-15-9/h2-5H,1H3. The predicted molar refractivity (Wildman–Crippen MR) is 56.1 cm³/mol. The first-order chi connectivity index (χ1) is 7.89. The van der Waals surface area contributed by atoms with Crippen LogP contribution in [-0.2, 0) is 6.18 Å². The highest BCUT2D eigenvalue weighted by molar-refractivity contribution is 6.32. The van der Waals surface area contributed by atoms with Gasteiger partial charge in [0.2, 0.25) is 0 Å². The lowest BCUT2D eigenvalue weighted by Gasteiger charge is -2.10. The Morgan fingerprint density at radius 3 is 2.65 bits per heavy atom. The van der Waals surface area contributed by atoms with Crippen LogP contribution < -0.4 is 0 Å². The fraction of sp³-hybridized carbons (Fsp3) is 0.200. The van der Waals surface area contributed by atoms with E-state index in [1.165, 1.54) is 25.3 Å². The van der Waals surface area contributed by atoms with Crippen molar-refractivity contribution in [1.29, 1.82) is 0 Å². The Balaban J connectivity index is 2.64. The zero-order chi connectivity index (χ0) is 12.6. The second-order valence-electron chi connectivity index (χ2n) is 3.39. The molecule has 2 heterocycles. The molecule has 3 nitrogen and oxygen atoms in total. The molecule has 0 fully saturated rings. The summed E-state index contributed by atoms with van der Waals surface area (Å²) in [7, 11) is 0. The van der Waals surface area contributed by atoms with Crippen LogP contribution in [0.5, 0.6) is 0 Å². The number of aryl methyl sites for hydroxylation is 1. The summed E-state index contributed by atoms with van der Waals surface area (Å²) in [6, 6.07) is 3.95. The Morgan fingerprint density at radius 2 is 2.06 bits per heavy atom. The van der Waals surface area contributed by atoms with Gasteiger partial charge < -0.3 is 0 Å². The molecule has 0 saturated heterocycles. The zero-order valence-corrected chi connectivity index (χ0v) is 9.42. The Kier molecular flexibility index (Phi) is 2.82. The molecule has 0 amide bonds. The molecule has 0 bridgehead atoms. The average molecular weight is 262 g/mol. The lowest BCUT2D eigenvalue weighted by molar-refractivity contribution is -0.142. The van der Waals surface area contributed by atoms with E-state index in [9.17, 15) is 13.2 Å². The second-order valence-corrected chi connectivity index (χ2v) is 3.80. The number of pyridine rings is 1. The van der Waals surface area contributed by atoms with Crippen molar-refractivity contribution in [3.63, 3.8) is 0 Å². The number of nitrogens with zero attached hydrogens (tertiary/aromatic N) is 3. The highest BCUT2D eigenvalue weighted by atomic mass is 35.5. The van der Waals surface area contributed by atoms with Crippen LogP contribution in [-0.4, -0.2) is 14.8 Å². The Bertz CT molecular complexity index is 548. The van der Waals surface area contributed by atoms with Gasteiger partial charge in [-0.15, -0.1) is 0 Å². The minimum atomic E-state index is -4.50. The van der Waals surface area contributed by atoms with Crippen molar-refractivity contribution >= 4 is 11.6 Å². The second kappa shape index (κ2) is 4.03. The smallest absolute Gasteiger partial charge is 0.236 e. The van der Waals surface area contributed by atoms with E-state index in [1.807, 2.05) is 0 Å². The summed E-state index contributed by atoms with van der Waals surface area (Å²) in [5, 5.41) is 3.87. The normalized spacial score (nSPS) is 11.8. The van der Waals surface area contributed by atoms with Gasteiger partial charge in [-0.3, -0.25) is 0 Å². The quantitative estimate of drug-likeness (QED) is 0.789. The lowest BCUT2D eigenvalue weighted by atomic mass is 10.3. The highest BCUT2D eigenvalue weighted by Crippen LogP contribution is 2.32. The maximum atomic E-state index is 12.7. The first-order valence-corrected chi connectivity index (χ1v) is 5.02. The molecule has 0 N–H and O–H groups in total. The van der Waals surface area contributed by atoms with Crippen molar-refractivity contribution in [2.24, 2.45) is 0 Å². The largest absolute Gasteiger partial charge is 0.433 e. The van der Waals surface area contributed by atoms with Crippen molar-refractivity contribution in [2.75, 3.05) is 0 Å². The summed E-state index contributed by atoms with van der Waals surface area (Å²) in [5.41, 5.74) is -0.644. The van der Waals surface area contributed by atoms with E-state index in [-0.39, 0.29) is 16.5 Å². The molecule has 0 spiro atoms. The third-order valence-corrected chi connectivity index (χ3v) is 2.36. The molecule has 2 aromatic heterocycles. The van der Waals surface area contributed by atoms with Gasteiger partial charge in [0.15, 0.2) is 5.82 Å². The molecule has 0 unspecified atom stereocenters. The summed E-state index contributed by atoms with van der Waals surface area (Å²) in [5.74, 6) is -0.0328. The minimum Gasteiger partial charge on any atom is -0.236 e. The molecule has 0 aromatic carbocycles. The van der Waals surface area contributed by atoms with E-state index in [1.54, 1.807) is 0 Å². The van der Waals surface area contributed by atoms with Crippen LogP contribution in [0.25, 0.3) is 5.82 Å². The molecule has 0 saturated carbocycles. The van der Waals surface area contributed by atoms with Gasteiger partial charge >= 0.3 is 6.18 Å². The highest BCUT2D eigenvalue weighted by Gasteiger charge is 2.36. The van der Waals surface area contributed by atoms with Crippen LogP contribution >= 0.6 is 11.6 Å². The number of hydrogen-bond acceptors (Lipinski definition) is 2. The molecule has 0 aliphatic carbocycles. The molecule has 17 heavy (non-hydrogen) atoms. The van der Waals surface area contributed by atoms with Crippen molar-refractivity contribution in [3.8, 4) is 5.82 Å². The number of halogens is 4. The third-order valence-electron chi connectivity index (χ3n) is 2.06. The van der Waals surface area contributed by atoms with Crippen LogP contribution in [0.3, 0.4) is 0 Å². The van der Waals surface area contributed by atoms with Gasteiger partial charge in [-0.2, -0.15) is 18.3 Å². The summed E-state index contributed by atoms with van der Waals surface area (Å²) >= 11 is 5.80. The molecule has 0 aliphatic rings. The van der Waals surface area contributed by atoms with E-state index in [2.05, 4.69) is 10.1 Å². The van der Waals surface area contributed by atoms with Crippen molar-refractivity contribution < 1.29 is 13.2 Å². The molecule has 0 atom stereocenters. The SMILES string of the molecule is Cc1cc(C(F)(F)F)n(-c2ncccc2Cl)n1. The van der Waals surface area contributed by atoms with Crippen LogP contribution in [0.15, 0.2) is 24.4 Å². The molecule has 7 heteroatoms. The third kappa shape index (κ3) is 2.26. The van der Waals surface area contributed by atoms with Gasteiger partial charge in [0.05, 0.1) is 10.7 Å². The van der Waals surface area contributed by atoms with Crippen molar-refractivity contribution in [3.05, 3.63) is 40.8 Å². The van der Waals surface area contributed by atoms with Crippen LogP contribution in [0.1, 0.15) is 11.4 Å². The van der Waals surface area contributed by atoms with E-state index in [0.717, 1.165) is 6.07 Å². The molecular formula is C10H7ClF3N3. The summed E-state index contributed by atoms with van der Waals surface area (Å²) in [6.45, 7) is 1.47. The van der Waals surface area contributed by atoms with E-state index < -0.39 is 11.9 Å². The van der Waals surface area contributed by atoms with Gasteiger partial charge in [0.25, 0.3) is 0 Å². The van der Waals surface area contributed by atoms with E-state index >= 15 is 0 Å². The summed E-state index contributed by atoms with van der Waals surface area (Å²) in [4.78, 5) is 3.80. The zero-order valence-electron chi connectivity index (χ0n) is 8.66. The first kappa shape index (κ1) is 11.9. The topological polar surface area (TPSA) is 30.7 Å². The predicted octanol–water partition coefficient (Wildman–Crippen LogP) is 3.25. The molecule has 0 aliphatic heterocycles. The number of hydrogen-bond donors (Lipinski definition) is 0. The number of alkyl halides is 3. The Morgan fingerprint density at radius 1 is 1.35 bits per heavy atom. The van der Waals surface area contributed by atoms with Gasteiger partial charge in [-0.05, 0) is 25.1 Å². The Hall–Kier alpha value is -1.56. The summed E-state index contributed by atoms with van der Waals surface area (Å²) in [6.07, 6.45) is -3.14. The molecule has 2 rings (SSSR count). The first-order valence-electron chi connectivity index (χ1n) is 4.64.